The molecular weight excluding hydrogens is 228 g/mol. The van der Waals surface area contributed by atoms with E-state index in [0.29, 0.717) is 12.2 Å². The van der Waals surface area contributed by atoms with E-state index in [4.69, 9.17) is 18.0 Å². The highest BCUT2D eigenvalue weighted by Crippen LogP contribution is 1.89. The first-order valence-electron chi connectivity index (χ1n) is 4.69. The lowest BCUT2D eigenvalue weighted by molar-refractivity contribution is -0.121. The van der Waals surface area contributed by atoms with Gasteiger partial charge in [-0.2, -0.15) is 5.10 Å². The number of hydrogen-bond acceptors (Lipinski definition) is 4. The Morgan fingerprint density at radius 3 is 2.88 bits per heavy atom. The number of aromatic nitrogens is 2. The Kier molecular flexibility index (Phi) is 4.12. The van der Waals surface area contributed by atoms with E-state index in [1.807, 2.05) is 0 Å². The van der Waals surface area contributed by atoms with Crippen molar-refractivity contribution in [1.82, 2.24) is 15.1 Å². The normalized spacial score (nSPS) is 9.81. The molecule has 0 fully saturated rings. The van der Waals surface area contributed by atoms with Gasteiger partial charge >= 0.3 is 0 Å². The quantitative estimate of drug-likeness (QED) is 0.660. The third-order valence-corrected chi connectivity index (χ3v) is 2.00. The molecule has 0 aliphatic rings. The lowest BCUT2D eigenvalue weighted by Crippen LogP contribution is -2.34. The van der Waals surface area contributed by atoms with E-state index >= 15 is 0 Å². The van der Waals surface area contributed by atoms with Gasteiger partial charge in [0.1, 0.15) is 17.2 Å². The highest BCUT2D eigenvalue weighted by molar-refractivity contribution is 7.80. The molecule has 0 aliphatic heterocycles. The third-order valence-electron chi connectivity index (χ3n) is 1.79. The zero-order valence-electron chi connectivity index (χ0n) is 8.77. The van der Waals surface area contributed by atoms with Crippen LogP contribution in [0.2, 0.25) is 0 Å². The monoisotopic (exact) mass is 240 g/mol. The summed E-state index contributed by atoms with van der Waals surface area (Å²) in [5.74, 6) is -0.280. The molecular formula is C9H12N4O2S. The Balaban J connectivity index is 2.94. The predicted octanol–water partition coefficient (Wildman–Crippen LogP) is -0.986. The molecule has 16 heavy (non-hydrogen) atoms. The van der Waals surface area contributed by atoms with Crippen LogP contribution in [0.4, 0.5) is 0 Å². The molecule has 0 atom stereocenters. The van der Waals surface area contributed by atoms with Gasteiger partial charge in [-0.3, -0.25) is 9.59 Å². The minimum absolute atomic E-state index is 0.0876. The molecule has 0 bridgehead atoms. The highest BCUT2D eigenvalue weighted by Gasteiger charge is 2.06. The van der Waals surface area contributed by atoms with Crippen LogP contribution in [0.1, 0.15) is 12.6 Å². The van der Waals surface area contributed by atoms with Crippen LogP contribution in [0.5, 0.6) is 0 Å². The number of carbonyl (C=O) groups excluding carboxylic acids is 1. The van der Waals surface area contributed by atoms with Crippen molar-refractivity contribution >= 4 is 23.1 Å². The van der Waals surface area contributed by atoms with Crippen LogP contribution in [0.3, 0.4) is 0 Å². The van der Waals surface area contributed by atoms with Crippen LogP contribution < -0.4 is 16.6 Å². The minimum Gasteiger partial charge on any atom is -0.388 e. The standard InChI is InChI=1S/C9H12N4O2S/c1-2-11-7(14)5-13-8(15)4-3-6(12-13)9(10)16/h3-4H,2,5H2,1H3,(H2,10,16)(H,11,14). The van der Waals surface area contributed by atoms with Crippen LogP contribution in [-0.2, 0) is 11.3 Å². The SMILES string of the molecule is CCNC(=O)Cn1nc(C(N)=S)ccc1=O. The maximum atomic E-state index is 11.4. The second kappa shape index (κ2) is 5.36. The van der Waals surface area contributed by atoms with Gasteiger partial charge in [-0.1, -0.05) is 12.2 Å². The van der Waals surface area contributed by atoms with E-state index in [1.165, 1.54) is 12.1 Å². The Morgan fingerprint density at radius 1 is 1.62 bits per heavy atom. The molecule has 0 saturated carbocycles. The van der Waals surface area contributed by atoms with Crippen LogP contribution in [0, 0.1) is 0 Å². The molecule has 7 heteroatoms. The number of amides is 1. The topological polar surface area (TPSA) is 90.0 Å². The van der Waals surface area contributed by atoms with Crippen molar-refractivity contribution in [2.45, 2.75) is 13.5 Å². The molecule has 1 heterocycles. The highest BCUT2D eigenvalue weighted by atomic mass is 32.1. The Bertz CT molecular complexity index is 469. The van der Waals surface area contributed by atoms with E-state index in [2.05, 4.69) is 10.4 Å². The van der Waals surface area contributed by atoms with Crippen molar-refractivity contribution in [3.8, 4) is 0 Å². The average molecular weight is 240 g/mol. The Morgan fingerprint density at radius 2 is 2.31 bits per heavy atom. The molecule has 3 N–H and O–H groups in total. The summed E-state index contributed by atoms with van der Waals surface area (Å²) in [4.78, 5) is 22.7. The molecule has 0 unspecified atom stereocenters. The maximum Gasteiger partial charge on any atom is 0.267 e. The van der Waals surface area contributed by atoms with E-state index in [-0.39, 0.29) is 23.0 Å². The van der Waals surface area contributed by atoms with Gasteiger partial charge in [0.2, 0.25) is 5.91 Å². The smallest absolute Gasteiger partial charge is 0.267 e. The van der Waals surface area contributed by atoms with Gasteiger partial charge in [-0.05, 0) is 13.0 Å². The average Bonchev–Trinajstić information content (AvgIpc) is 2.21. The molecule has 1 amide bonds. The first-order chi connectivity index (χ1) is 7.54. The molecule has 1 aromatic heterocycles. The minimum atomic E-state index is -0.369. The number of hydrogen-bond donors (Lipinski definition) is 2. The van der Waals surface area contributed by atoms with E-state index in [9.17, 15) is 9.59 Å². The predicted molar refractivity (Wildman–Crippen MR) is 63.1 cm³/mol. The summed E-state index contributed by atoms with van der Waals surface area (Å²) >= 11 is 4.73. The molecule has 0 spiro atoms. The lowest BCUT2D eigenvalue weighted by atomic mass is 10.4. The Labute approximate surface area is 97.4 Å². The summed E-state index contributed by atoms with van der Waals surface area (Å²) in [5, 5.41) is 6.44. The first kappa shape index (κ1) is 12.3. The molecule has 0 saturated heterocycles. The van der Waals surface area contributed by atoms with E-state index in [1.54, 1.807) is 6.92 Å². The van der Waals surface area contributed by atoms with E-state index < -0.39 is 0 Å². The number of nitrogens with two attached hydrogens (primary N) is 1. The summed E-state index contributed by atoms with van der Waals surface area (Å²) in [7, 11) is 0. The van der Waals surface area contributed by atoms with Crippen molar-refractivity contribution in [1.29, 1.82) is 0 Å². The molecule has 1 rings (SSSR count). The number of nitrogens with one attached hydrogen (secondary N) is 1. The summed E-state index contributed by atoms with van der Waals surface area (Å²) in [5.41, 5.74) is 5.32. The fourth-order valence-corrected chi connectivity index (χ4v) is 1.19. The van der Waals surface area contributed by atoms with Crippen molar-refractivity contribution in [2.24, 2.45) is 5.73 Å². The largest absolute Gasteiger partial charge is 0.388 e. The van der Waals surface area contributed by atoms with E-state index in [0.717, 1.165) is 4.68 Å². The van der Waals surface area contributed by atoms with Crippen LogP contribution in [0.25, 0.3) is 0 Å². The fraction of sp³-hybridized carbons (Fsp3) is 0.333. The van der Waals surface area contributed by atoms with Gasteiger partial charge in [0, 0.05) is 12.6 Å². The first-order valence-corrected chi connectivity index (χ1v) is 5.10. The molecule has 0 aromatic carbocycles. The zero-order chi connectivity index (χ0) is 12.1. The number of likely N-dealkylation sites (N-methyl/N-ethyl adjacent to an activating group) is 1. The molecule has 0 aliphatic carbocycles. The Hall–Kier alpha value is -1.76. The van der Waals surface area contributed by atoms with Crippen LogP contribution in [-0.4, -0.2) is 27.2 Å². The summed E-state index contributed by atoms with van der Waals surface area (Å²) in [6, 6.07) is 2.71. The second-order valence-electron chi connectivity index (χ2n) is 3.03. The van der Waals surface area contributed by atoms with Gasteiger partial charge in [-0.25, -0.2) is 4.68 Å². The van der Waals surface area contributed by atoms with Gasteiger partial charge < -0.3 is 11.1 Å². The van der Waals surface area contributed by atoms with Crippen molar-refractivity contribution in [2.75, 3.05) is 6.54 Å². The number of thiocarbonyl (C=S) groups is 1. The number of rotatable bonds is 4. The number of nitrogens with zero attached hydrogens (tertiary/aromatic N) is 2. The number of carbonyl (C=O) groups is 1. The molecule has 86 valence electrons. The summed E-state index contributed by atoms with van der Waals surface area (Å²) in [6.45, 7) is 2.16. The summed E-state index contributed by atoms with van der Waals surface area (Å²) < 4.78 is 1.03. The van der Waals surface area contributed by atoms with Gasteiger partial charge in [0.05, 0.1) is 0 Å². The molecule has 6 nitrogen and oxygen atoms in total. The third kappa shape index (κ3) is 3.13. The zero-order valence-corrected chi connectivity index (χ0v) is 9.58. The van der Waals surface area contributed by atoms with Crippen molar-refractivity contribution in [3.05, 3.63) is 28.2 Å². The summed E-state index contributed by atoms with van der Waals surface area (Å²) in [6.07, 6.45) is 0. The second-order valence-corrected chi connectivity index (χ2v) is 3.47. The van der Waals surface area contributed by atoms with Gasteiger partial charge in [0.15, 0.2) is 0 Å². The lowest BCUT2D eigenvalue weighted by Gasteiger charge is -2.05. The van der Waals surface area contributed by atoms with Crippen LogP contribution in [0.15, 0.2) is 16.9 Å². The van der Waals surface area contributed by atoms with Crippen molar-refractivity contribution in [3.63, 3.8) is 0 Å². The molecule has 1 aromatic rings. The van der Waals surface area contributed by atoms with Gasteiger partial charge in [-0.15, -0.1) is 0 Å². The van der Waals surface area contributed by atoms with Crippen molar-refractivity contribution < 1.29 is 4.79 Å². The van der Waals surface area contributed by atoms with Gasteiger partial charge in [0.25, 0.3) is 5.56 Å². The fourth-order valence-electron chi connectivity index (χ4n) is 1.08. The van der Waals surface area contributed by atoms with Crippen LogP contribution >= 0.6 is 12.2 Å². The molecule has 0 radical (unpaired) electrons. The maximum absolute atomic E-state index is 11.4.